The van der Waals surface area contributed by atoms with E-state index < -0.39 is 17.4 Å². The van der Waals surface area contributed by atoms with Crippen molar-refractivity contribution in [3.05, 3.63) is 106 Å². The summed E-state index contributed by atoms with van der Waals surface area (Å²) in [6, 6.07) is 19.4. The predicted octanol–water partition coefficient (Wildman–Crippen LogP) is 4.96. The third kappa shape index (κ3) is 5.63. The Morgan fingerprint density at radius 2 is 1.77 bits per heavy atom. The van der Waals surface area contributed by atoms with Crippen LogP contribution < -0.4 is 10.9 Å². The summed E-state index contributed by atoms with van der Waals surface area (Å²) < 4.78 is 6.73. The minimum atomic E-state index is -0.531. The summed E-state index contributed by atoms with van der Waals surface area (Å²) in [5, 5.41) is 3.45. The number of anilines is 1. The van der Waals surface area contributed by atoms with Gasteiger partial charge in [-0.2, -0.15) is 0 Å². The van der Waals surface area contributed by atoms with Crippen LogP contribution in [0.25, 0.3) is 11.0 Å². The van der Waals surface area contributed by atoms with Gasteiger partial charge in [0, 0.05) is 17.3 Å². The number of nitrogens with zero attached hydrogens (tertiary/aromatic N) is 2. The minimum absolute atomic E-state index is 0.0145. The van der Waals surface area contributed by atoms with E-state index in [2.05, 4.69) is 10.3 Å². The lowest BCUT2D eigenvalue weighted by molar-refractivity contribution is 0.0499. The lowest BCUT2D eigenvalue weighted by Gasteiger charge is -2.13. The van der Waals surface area contributed by atoms with Crippen LogP contribution in [0, 0.1) is 6.92 Å². The fraction of sp³-hybridized carbons (Fsp3) is 0.214. The van der Waals surface area contributed by atoms with E-state index in [0.29, 0.717) is 35.4 Å². The van der Waals surface area contributed by atoms with Crippen LogP contribution in [0.1, 0.15) is 51.6 Å². The first kappa shape index (κ1) is 23.9. The molecule has 0 saturated heterocycles. The summed E-state index contributed by atoms with van der Waals surface area (Å²) in [6.07, 6.45) is 3.38. The Balaban J connectivity index is 1.59. The molecule has 0 atom stereocenters. The molecule has 7 nitrogen and oxygen atoms in total. The summed E-state index contributed by atoms with van der Waals surface area (Å²) in [7, 11) is 0. The number of benzene rings is 2. The third-order valence-corrected chi connectivity index (χ3v) is 5.66. The van der Waals surface area contributed by atoms with E-state index in [9.17, 15) is 14.4 Å². The van der Waals surface area contributed by atoms with E-state index in [0.717, 1.165) is 24.0 Å². The van der Waals surface area contributed by atoms with Crippen LogP contribution in [-0.2, 0) is 11.3 Å². The van der Waals surface area contributed by atoms with Crippen LogP contribution >= 0.6 is 0 Å². The number of hydrogen-bond donors (Lipinski definition) is 1. The maximum atomic E-state index is 13.4. The largest absolute Gasteiger partial charge is 0.462 e. The van der Waals surface area contributed by atoms with Crippen LogP contribution in [0.2, 0.25) is 0 Å². The van der Waals surface area contributed by atoms with Gasteiger partial charge in [-0.3, -0.25) is 14.2 Å². The second kappa shape index (κ2) is 10.8. The van der Waals surface area contributed by atoms with Gasteiger partial charge in [0.2, 0.25) is 0 Å². The molecule has 4 aromatic rings. The van der Waals surface area contributed by atoms with E-state index in [1.165, 1.54) is 4.57 Å². The zero-order valence-electron chi connectivity index (χ0n) is 19.8. The molecule has 0 aliphatic heterocycles. The monoisotopic (exact) mass is 469 g/mol. The summed E-state index contributed by atoms with van der Waals surface area (Å²) >= 11 is 0. The summed E-state index contributed by atoms with van der Waals surface area (Å²) in [5.74, 6) is -0.936. The molecule has 7 heteroatoms. The number of unbranched alkanes of at least 4 members (excludes halogenated alkanes) is 1. The molecule has 1 amide bonds. The first-order valence-electron chi connectivity index (χ1n) is 11.6. The highest BCUT2D eigenvalue weighted by Crippen LogP contribution is 2.16. The topological polar surface area (TPSA) is 90.3 Å². The van der Waals surface area contributed by atoms with Gasteiger partial charge in [0.05, 0.1) is 18.7 Å². The van der Waals surface area contributed by atoms with Crippen molar-refractivity contribution in [2.45, 2.75) is 33.2 Å². The van der Waals surface area contributed by atoms with Crippen molar-refractivity contribution in [2.75, 3.05) is 11.9 Å². The number of pyridine rings is 2. The number of aryl methyl sites for hydroxylation is 1. The van der Waals surface area contributed by atoms with Gasteiger partial charge in [-0.1, -0.05) is 43.2 Å². The van der Waals surface area contributed by atoms with E-state index in [-0.39, 0.29) is 5.56 Å². The van der Waals surface area contributed by atoms with Gasteiger partial charge in [0.15, 0.2) is 0 Å². The molecule has 178 valence electrons. The molecule has 1 N–H and O–H groups in total. The highest BCUT2D eigenvalue weighted by Gasteiger charge is 2.17. The number of ether oxygens (including phenoxy) is 1. The molecular weight excluding hydrogens is 442 g/mol. The van der Waals surface area contributed by atoms with Crippen LogP contribution in [0.15, 0.2) is 77.7 Å². The Labute approximate surface area is 203 Å². The van der Waals surface area contributed by atoms with Crippen LogP contribution in [-0.4, -0.2) is 28.0 Å². The number of fused-ring (bicyclic) bond motifs is 1. The lowest BCUT2D eigenvalue weighted by Crippen LogP contribution is -2.30. The van der Waals surface area contributed by atoms with Crippen molar-refractivity contribution in [2.24, 2.45) is 0 Å². The number of carbonyl (C=O) groups excluding carboxylic acids is 2. The number of hydrogen-bond acceptors (Lipinski definition) is 5. The summed E-state index contributed by atoms with van der Waals surface area (Å²) in [4.78, 5) is 42.9. The molecule has 0 unspecified atom stereocenters. The maximum absolute atomic E-state index is 13.4. The van der Waals surface area contributed by atoms with Gasteiger partial charge in [0.1, 0.15) is 11.2 Å². The Morgan fingerprint density at radius 1 is 1.03 bits per heavy atom. The molecule has 0 fully saturated rings. The highest BCUT2D eigenvalue weighted by molar-refractivity contribution is 6.05. The third-order valence-electron chi connectivity index (χ3n) is 5.66. The zero-order chi connectivity index (χ0) is 24.8. The van der Waals surface area contributed by atoms with Gasteiger partial charge in [-0.15, -0.1) is 0 Å². The Bertz CT molecular complexity index is 1410. The first-order valence-corrected chi connectivity index (χ1v) is 11.6. The van der Waals surface area contributed by atoms with Gasteiger partial charge < -0.3 is 10.1 Å². The van der Waals surface area contributed by atoms with Gasteiger partial charge in [-0.05, 0) is 61.4 Å². The molecule has 0 aliphatic rings. The highest BCUT2D eigenvalue weighted by atomic mass is 16.5. The molecule has 0 radical (unpaired) electrons. The molecule has 2 heterocycles. The number of esters is 1. The van der Waals surface area contributed by atoms with Crippen molar-refractivity contribution in [1.82, 2.24) is 9.55 Å². The van der Waals surface area contributed by atoms with Crippen molar-refractivity contribution >= 4 is 28.6 Å². The smallest absolute Gasteiger partial charge is 0.338 e. The standard InChI is InChI=1S/C28H27N3O4/c1-3-4-16-35-28(34)21-11-13-23(14-12-21)30-26(32)24-17-22-6-5-15-29-25(22)31(27(24)33)18-20-9-7-19(2)8-10-20/h5-15,17H,3-4,16,18H2,1-2H3,(H,30,32). The molecule has 2 aromatic carbocycles. The number of nitrogens with one attached hydrogen (secondary N) is 1. The number of amides is 1. The van der Waals surface area contributed by atoms with Gasteiger partial charge >= 0.3 is 5.97 Å². The summed E-state index contributed by atoms with van der Waals surface area (Å²) in [6.45, 7) is 4.69. The second-order valence-corrected chi connectivity index (χ2v) is 8.37. The normalized spacial score (nSPS) is 10.8. The fourth-order valence-electron chi connectivity index (χ4n) is 3.67. The van der Waals surface area contributed by atoms with Crippen molar-refractivity contribution < 1.29 is 14.3 Å². The van der Waals surface area contributed by atoms with E-state index >= 15 is 0 Å². The maximum Gasteiger partial charge on any atom is 0.338 e. The van der Waals surface area contributed by atoms with Gasteiger partial charge in [0.25, 0.3) is 11.5 Å². The molecule has 0 spiro atoms. The molecule has 0 bridgehead atoms. The first-order chi connectivity index (χ1) is 17.0. The molecule has 0 aliphatic carbocycles. The van der Waals surface area contributed by atoms with E-state index in [1.807, 2.05) is 44.2 Å². The zero-order valence-corrected chi connectivity index (χ0v) is 19.8. The number of carbonyl (C=O) groups is 2. The SMILES string of the molecule is CCCCOC(=O)c1ccc(NC(=O)c2cc3cccnc3n(Cc3ccc(C)cc3)c2=O)cc1. The Kier molecular flexibility index (Phi) is 7.35. The van der Waals surface area contributed by atoms with Crippen molar-refractivity contribution in [3.63, 3.8) is 0 Å². The molecular formula is C28H27N3O4. The van der Waals surface area contributed by atoms with E-state index in [1.54, 1.807) is 42.6 Å². The molecule has 2 aromatic heterocycles. The van der Waals surface area contributed by atoms with Crippen LogP contribution in [0.4, 0.5) is 5.69 Å². The molecule has 0 saturated carbocycles. The Hall–Kier alpha value is -4.26. The lowest BCUT2D eigenvalue weighted by atomic mass is 10.1. The van der Waals surface area contributed by atoms with Crippen molar-refractivity contribution in [1.29, 1.82) is 0 Å². The van der Waals surface area contributed by atoms with E-state index in [4.69, 9.17) is 4.74 Å². The van der Waals surface area contributed by atoms with Crippen LogP contribution in [0.5, 0.6) is 0 Å². The number of rotatable bonds is 8. The van der Waals surface area contributed by atoms with Crippen LogP contribution in [0.3, 0.4) is 0 Å². The fourth-order valence-corrected chi connectivity index (χ4v) is 3.67. The predicted molar refractivity (Wildman–Crippen MR) is 136 cm³/mol. The second-order valence-electron chi connectivity index (χ2n) is 8.37. The average molecular weight is 470 g/mol. The Morgan fingerprint density at radius 3 is 2.49 bits per heavy atom. The average Bonchev–Trinajstić information content (AvgIpc) is 2.87. The molecule has 4 rings (SSSR count). The number of aromatic nitrogens is 2. The quantitative estimate of drug-likeness (QED) is 0.291. The molecule has 35 heavy (non-hydrogen) atoms. The minimum Gasteiger partial charge on any atom is -0.462 e. The van der Waals surface area contributed by atoms with Gasteiger partial charge in [-0.25, -0.2) is 9.78 Å². The summed E-state index contributed by atoms with van der Waals surface area (Å²) in [5.41, 5.74) is 3.03. The van der Waals surface area contributed by atoms with Crippen molar-refractivity contribution in [3.8, 4) is 0 Å².